The minimum Gasteiger partial charge on any atom is -0.366 e. The van der Waals surface area contributed by atoms with Gasteiger partial charge in [-0.05, 0) is 47.1 Å². The second kappa shape index (κ2) is 10.5. The monoisotopic (exact) mass is 498 g/mol. The average Bonchev–Trinajstić information content (AvgIpc) is 3.37. The van der Waals surface area contributed by atoms with Gasteiger partial charge >= 0.3 is 0 Å². The zero-order chi connectivity index (χ0) is 25.9. The lowest BCUT2D eigenvalue weighted by Gasteiger charge is -2.33. The Labute approximate surface area is 223 Å². The molecular formula is C30H27BN6O. The zero-order valence-corrected chi connectivity index (χ0v) is 21.0. The smallest absolute Gasteiger partial charge is 0.254 e. The Hall–Kier alpha value is -4.46. The molecule has 1 N–H and O–H groups in total. The van der Waals surface area contributed by atoms with Crippen LogP contribution in [0.15, 0.2) is 91.4 Å². The summed E-state index contributed by atoms with van der Waals surface area (Å²) in [5.41, 5.74) is 5.83. The molecule has 1 fully saturated rings. The number of pyridine rings is 1. The maximum atomic E-state index is 13.8. The number of amides is 1. The highest BCUT2D eigenvalue weighted by Crippen LogP contribution is 2.31. The van der Waals surface area contributed by atoms with Crippen LogP contribution in [0.4, 0.5) is 5.82 Å². The van der Waals surface area contributed by atoms with Crippen molar-refractivity contribution >= 4 is 30.7 Å². The number of fused-ring (bicyclic) bond motifs is 1. The number of carbonyl (C=O) groups is 1. The predicted octanol–water partition coefficient (Wildman–Crippen LogP) is 4.22. The summed E-state index contributed by atoms with van der Waals surface area (Å²) in [7, 11) is 6.23. The minimum atomic E-state index is 0.0500. The number of carbonyl (C=O) groups excluding carboxylic acids is 1. The molecule has 2 radical (unpaired) electrons. The van der Waals surface area contributed by atoms with Crippen molar-refractivity contribution in [3.63, 3.8) is 0 Å². The first-order valence-corrected chi connectivity index (χ1v) is 12.9. The fraction of sp³-hybridized carbons (Fsp3) is 0.200. The molecule has 8 heteroatoms. The van der Waals surface area contributed by atoms with E-state index in [1.54, 1.807) is 16.9 Å². The van der Waals surface area contributed by atoms with Crippen LogP contribution in [0, 0.1) is 0 Å². The lowest BCUT2D eigenvalue weighted by Crippen LogP contribution is -2.39. The highest BCUT2D eigenvalue weighted by molar-refractivity contribution is 6.36. The molecule has 1 unspecified atom stereocenters. The second-order valence-corrected chi connectivity index (χ2v) is 9.62. The summed E-state index contributed by atoms with van der Waals surface area (Å²) >= 11 is 0. The Balaban J connectivity index is 1.28. The van der Waals surface area contributed by atoms with Gasteiger partial charge in [0.15, 0.2) is 5.65 Å². The number of nitrogens with one attached hydrogen (secondary N) is 1. The lowest BCUT2D eigenvalue weighted by atomic mass is 9.92. The SMILES string of the molecule is [B]c1cnn2c(NCc3cccnc3)cc(C3CCCN(C(=O)c4ccccc4-c4ccccc4)C3)nc12. The van der Waals surface area contributed by atoms with Crippen molar-refractivity contribution in [2.75, 3.05) is 18.4 Å². The Kier molecular flexibility index (Phi) is 6.61. The van der Waals surface area contributed by atoms with Gasteiger partial charge in [0.05, 0.1) is 5.69 Å². The molecule has 1 saturated heterocycles. The second-order valence-electron chi connectivity index (χ2n) is 9.62. The fourth-order valence-electron chi connectivity index (χ4n) is 5.14. The number of anilines is 1. The molecule has 7 nitrogen and oxygen atoms in total. The van der Waals surface area contributed by atoms with Gasteiger partial charge in [0.2, 0.25) is 0 Å². The normalized spacial score (nSPS) is 15.5. The number of hydrogen-bond acceptors (Lipinski definition) is 5. The molecule has 3 aromatic heterocycles. The third kappa shape index (κ3) is 4.77. The van der Waals surface area contributed by atoms with E-state index in [1.165, 1.54) is 0 Å². The Bertz CT molecular complexity index is 1570. The average molecular weight is 498 g/mol. The molecule has 1 amide bonds. The minimum absolute atomic E-state index is 0.0500. The number of aromatic nitrogens is 4. The van der Waals surface area contributed by atoms with Gasteiger partial charge in [0.25, 0.3) is 5.91 Å². The van der Waals surface area contributed by atoms with Crippen LogP contribution in [0.5, 0.6) is 0 Å². The van der Waals surface area contributed by atoms with Crippen molar-refractivity contribution in [2.24, 2.45) is 0 Å². The Morgan fingerprint density at radius 2 is 1.87 bits per heavy atom. The van der Waals surface area contributed by atoms with Gasteiger partial charge in [-0.2, -0.15) is 9.61 Å². The predicted molar refractivity (Wildman–Crippen MR) is 150 cm³/mol. The molecule has 2 aromatic carbocycles. The number of piperidine rings is 1. The summed E-state index contributed by atoms with van der Waals surface area (Å²) < 4.78 is 1.73. The summed E-state index contributed by atoms with van der Waals surface area (Å²) in [6.07, 6.45) is 7.07. The third-order valence-electron chi connectivity index (χ3n) is 7.08. The van der Waals surface area contributed by atoms with Crippen LogP contribution < -0.4 is 10.8 Å². The van der Waals surface area contributed by atoms with E-state index in [0.29, 0.717) is 24.2 Å². The number of hydrogen-bond donors (Lipinski definition) is 1. The van der Waals surface area contributed by atoms with Crippen molar-refractivity contribution in [1.29, 1.82) is 0 Å². The maximum absolute atomic E-state index is 13.8. The fourth-order valence-corrected chi connectivity index (χ4v) is 5.14. The van der Waals surface area contributed by atoms with Crippen molar-refractivity contribution in [1.82, 2.24) is 24.5 Å². The Morgan fingerprint density at radius 1 is 1.03 bits per heavy atom. The van der Waals surface area contributed by atoms with Crippen LogP contribution in [0.3, 0.4) is 0 Å². The summed E-state index contributed by atoms with van der Waals surface area (Å²) in [5, 5.41) is 7.89. The molecule has 1 aliphatic heterocycles. The molecule has 0 spiro atoms. The van der Waals surface area contributed by atoms with Gasteiger partial charge < -0.3 is 10.2 Å². The van der Waals surface area contributed by atoms with E-state index in [4.69, 9.17) is 12.8 Å². The Morgan fingerprint density at radius 3 is 2.71 bits per heavy atom. The molecular weight excluding hydrogens is 471 g/mol. The first kappa shape index (κ1) is 23.9. The molecule has 5 aromatic rings. The van der Waals surface area contributed by atoms with Gasteiger partial charge in [-0.25, -0.2) is 4.98 Å². The summed E-state index contributed by atoms with van der Waals surface area (Å²) in [6.45, 7) is 1.92. The lowest BCUT2D eigenvalue weighted by molar-refractivity contribution is 0.0707. The van der Waals surface area contributed by atoms with E-state index >= 15 is 0 Å². The van der Waals surface area contributed by atoms with Gasteiger partial charge in [-0.1, -0.05) is 54.6 Å². The number of rotatable bonds is 6. The topological polar surface area (TPSA) is 75.4 Å². The van der Waals surface area contributed by atoms with Crippen molar-refractivity contribution < 1.29 is 4.79 Å². The highest BCUT2D eigenvalue weighted by atomic mass is 16.2. The van der Waals surface area contributed by atoms with E-state index in [-0.39, 0.29) is 11.8 Å². The van der Waals surface area contributed by atoms with Gasteiger partial charge in [-0.3, -0.25) is 9.78 Å². The van der Waals surface area contributed by atoms with Crippen molar-refractivity contribution in [3.8, 4) is 11.1 Å². The van der Waals surface area contributed by atoms with Crippen LogP contribution in [-0.2, 0) is 6.54 Å². The van der Waals surface area contributed by atoms with E-state index in [9.17, 15) is 4.79 Å². The van der Waals surface area contributed by atoms with E-state index < -0.39 is 0 Å². The maximum Gasteiger partial charge on any atom is 0.254 e. The quantitative estimate of drug-likeness (QED) is 0.355. The molecule has 1 aliphatic rings. The molecule has 6 rings (SSSR count). The third-order valence-corrected chi connectivity index (χ3v) is 7.08. The molecule has 0 saturated carbocycles. The molecule has 1 atom stereocenters. The molecule has 186 valence electrons. The van der Waals surface area contributed by atoms with Crippen LogP contribution in [0.2, 0.25) is 0 Å². The standard InChI is InChI=1S/C30H27BN6O/c31-26-19-34-37-28(33-18-21-8-6-14-32-17-21)16-27(35-29(26)37)23-11-7-15-36(20-23)30(38)25-13-5-4-12-24(25)22-9-2-1-3-10-22/h1-6,8-10,12-14,16-17,19,23,33H,7,11,15,18,20H2. The van der Waals surface area contributed by atoms with Crippen molar-refractivity contribution in [3.05, 3.63) is 108 Å². The van der Waals surface area contributed by atoms with Crippen molar-refractivity contribution in [2.45, 2.75) is 25.3 Å². The highest BCUT2D eigenvalue weighted by Gasteiger charge is 2.28. The molecule has 0 bridgehead atoms. The molecule has 0 aliphatic carbocycles. The van der Waals surface area contributed by atoms with Crippen LogP contribution in [0.1, 0.15) is 40.4 Å². The number of likely N-dealkylation sites (tertiary alicyclic amines) is 1. The largest absolute Gasteiger partial charge is 0.366 e. The van der Waals surface area contributed by atoms with E-state index in [2.05, 4.69) is 15.4 Å². The summed E-state index contributed by atoms with van der Waals surface area (Å²) in [5.74, 6) is 0.951. The number of benzene rings is 2. The van der Waals surface area contributed by atoms with Crippen LogP contribution in [0.25, 0.3) is 16.8 Å². The van der Waals surface area contributed by atoms with Gasteiger partial charge in [-0.15, -0.1) is 0 Å². The van der Waals surface area contributed by atoms with Gasteiger partial charge in [0.1, 0.15) is 13.7 Å². The number of nitrogens with zero attached hydrogens (tertiary/aromatic N) is 5. The van der Waals surface area contributed by atoms with Gasteiger partial charge in [0, 0.05) is 55.8 Å². The molecule has 4 heterocycles. The van der Waals surface area contributed by atoms with E-state index in [1.807, 2.05) is 83.9 Å². The van der Waals surface area contributed by atoms with E-state index in [0.717, 1.165) is 53.2 Å². The molecule has 38 heavy (non-hydrogen) atoms. The summed E-state index contributed by atoms with van der Waals surface area (Å²) in [4.78, 5) is 24.8. The summed E-state index contributed by atoms with van der Waals surface area (Å²) in [6, 6.07) is 23.9. The van der Waals surface area contributed by atoms with Crippen LogP contribution in [-0.4, -0.2) is 51.3 Å². The van der Waals surface area contributed by atoms with Crippen LogP contribution >= 0.6 is 0 Å². The first-order valence-electron chi connectivity index (χ1n) is 12.9. The zero-order valence-electron chi connectivity index (χ0n) is 21.0. The first-order chi connectivity index (χ1) is 18.7.